The van der Waals surface area contributed by atoms with Crippen molar-refractivity contribution in [3.05, 3.63) is 22.4 Å². The van der Waals surface area contributed by atoms with E-state index >= 15 is 0 Å². The van der Waals surface area contributed by atoms with Crippen molar-refractivity contribution >= 4 is 17.3 Å². The molecule has 2 aromatic rings. The molecule has 4 N–H and O–H groups in total. The molecule has 0 unspecified atom stereocenters. The van der Waals surface area contributed by atoms with Gasteiger partial charge in [0.15, 0.2) is 5.65 Å². The molecule has 0 amide bonds. The number of nitrogens with one attached hydrogen (secondary N) is 2. The van der Waals surface area contributed by atoms with E-state index in [-0.39, 0.29) is 11.5 Å². The van der Waals surface area contributed by atoms with Gasteiger partial charge in [0.25, 0.3) is 0 Å². The summed E-state index contributed by atoms with van der Waals surface area (Å²) in [5.41, 5.74) is 5.61. The zero-order chi connectivity index (χ0) is 14.0. The average Bonchev–Trinajstić information content (AvgIpc) is 2.72. The maximum absolute atomic E-state index is 11.5. The van der Waals surface area contributed by atoms with Gasteiger partial charge in [-0.2, -0.15) is 5.10 Å². The first-order chi connectivity index (χ1) is 9.02. The number of aromatic amines is 1. The first-order valence-electron chi connectivity index (χ1n) is 6.05. The molecule has 0 aliphatic rings. The topological polar surface area (TPSA) is 116 Å². The Kier molecular flexibility index (Phi) is 3.50. The van der Waals surface area contributed by atoms with Crippen LogP contribution in [-0.2, 0) is 0 Å². The third-order valence-corrected chi connectivity index (χ3v) is 2.91. The molecular formula is C11H17N7O. The summed E-state index contributed by atoms with van der Waals surface area (Å²) in [5.74, 6) is 1.45. The van der Waals surface area contributed by atoms with Gasteiger partial charge < -0.3 is 10.6 Å². The Bertz CT molecular complexity index is 657. The number of fused-ring (bicyclic) bond motifs is 1. The highest BCUT2D eigenvalue weighted by Crippen LogP contribution is 2.13. The number of aryl methyl sites for hydroxylation is 1. The van der Waals surface area contributed by atoms with E-state index in [9.17, 15) is 4.79 Å². The Hall–Kier alpha value is -2.38. The van der Waals surface area contributed by atoms with Crippen molar-refractivity contribution in [1.29, 1.82) is 5.41 Å². The van der Waals surface area contributed by atoms with Gasteiger partial charge in [-0.05, 0) is 13.8 Å². The maximum atomic E-state index is 11.5. The number of nitrogens with zero attached hydrogens (tertiary/aromatic N) is 4. The van der Waals surface area contributed by atoms with Crippen molar-refractivity contribution in [2.75, 3.05) is 18.0 Å². The van der Waals surface area contributed by atoms with Crippen LogP contribution in [0.15, 0.2) is 10.9 Å². The zero-order valence-electron chi connectivity index (χ0n) is 11.0. The number of rotatable bonds is 5. The van der Waals surface area contributed by atoms with E-state index in [1.54, 1.807) is 13.0 Å². The molecule has 0 aliphatic heterocycles. The SMILES string of the molecule is CCN(CCC(=N)N)c1cc2n[nH]c(=O)n2c(C)n1. The summed E-state index contributed by atoms with van der Waals surface area (Å²) in [6.45, 7) is 5.11. The molecule has 2 heterocycles. The average molecular weight is 263 g/mol. The molecule has 0 saturated carbocycles. The van der Waals surface area contributed by atoms with Crippen LogP contribution in [0, 0.1) is 12.3 Å². The predicted octanol–water partition coefficient (Wildman–Crippen LogP) is -0.122. The van der Waals surface area contributed by atoms with Crippen LogP contribution in [0.4, 0.5) is 5.82 Å². The van der Waals surface area contributed by atoms with Crippen molar-refractivity contribution in [2.24, 2.45) is 5.73 Å². The first kappa shape index (κ1) is 13.1. The van der Waals surface area contributed by atoms with E-state index in [0.717, 1.165) is 12.4 Å². The minimum Gasteiger partial charge on any atom is -0.388 e. The standard InChI is InChI=1S/C11H17N7O/c1-3-17(5-4-8(12)13)9-6-10-15-16-11(19)18(10)7(2)14-9/h6H,3-5H2,1-2H3,(H3,12,13)(H,16,19). The van der Waals surface area contributed by atoms with Crippen LogP contribution in [0.1, 0.15) is 19.2 Å². The van der Waals surface area contributed by atoms with E-state index in [4.69, 9.17) is 11.1 Å². The Morgan fingerprint density at radius 1 is 1.63 bits per heavy atom. The molecule has 0 aliphatic carbocycles. The van der Waals surface area contributed by atoms with Gasteiger partial charge in [0, 0.05) is 25.6 Å². The molecule has 8 nitrogen and oxygen atoms in total. The van der Waals surface area contributed by atoms with E-state index in [0.29, 0.717) is 24.4 Å². The first-order valence-corrected chi connectivity index (χ1v) is 6.05. The zero-order valence-corrected chi connectivity index (χ0v) is 11.0. The summed E-state index contributed by atoms with van der Waals surface area (Å²) >= 11 is 0. The van der Waals surface area contributed by atoms with E-state index in [2.05, 4.69) is 15.2 Å². The maximum Gasteiger partial charge on any atom is 0.349 e. The van der Waals surface area contributed by atoms with E-state index in [1.807, 2.05) is 11.8 Å². The Balaban J connectivity index is 2.38. The molecule has 0 aromatic carbocycles. The Morgan fingerprint density at radius 2 is 2.37 bits per heavy atom. The number of amidine groups is 1. The minimum atomic E-state index is -0.293. The largest absolute Gasteiger partial charge is 0.388 e. The summed E-state index contributed by atoms with van der Waals surface area (Å²) in [4.78, 5) is 17.9. The molecule has 0 fully saturated rings. The van der Waals surface area contributed by atoms with Crippen LogP contribution >= 0.6 is 0 Å². The fourth-order valence-electron chi connectivity index (χ4n) is 1.93. The van der Waals surface area contributed by atoms with Gasteiger partial charge in [0.1, 0.15) is 11.6 Å². The number of hydrogen-bond donors (Lipinski definition) is 3. The summed E-state index contributed by atoms with van der Waals surface area (Å²) in [6.07, 6.45) is 0.479. The highest BCUT2D eigenvalue weighted by molar-refractivity contribution is 5.77. The van der Waals surface area contributed by atoms with Crippen molar-refractivity contribution in [3.63, 3.8) is 0 Å². The molecule has 102 valence electrons. The molecule has 0 spiro atoms. The van der Waals surface area contributed by atoms with Crippen LogP contribution in [-0.4, -0.2) is 38.5 Å². The lowest BCUT2D eigenvalue weighted by molar-refractivity contribution is 0.801. The fraction of sp³-hybridized carbons (Fsp3) is 0.455. The second-order valence-electron chi connectivity index (χ2n) is 4.24. The summed E-state index contributed by atoms with van der Waals surface area (Å²) in [6, 6.07) is 1.74. The van der Waals surface area contributed by atoms with E-state index < -0.39 is 0 Å². The third-order valence-electron chi connectivity index (χ3n) is 2.91. The van der Waals surface area contributed by atoms with Gasteiger partial charge in [-0.1, -0.05) is 0 Å². The van der Waals surface area contributed by atoms with Crippen LogP contribution in [0.2, 0.25) is 0 Å². The number of nitrogens with two attached hydrogens (primary N) is 1. The lowest BCUT2D eigenvalue weighted by Gasteiger charge is -2.21. The van der Waals surface area contributed by atoms with Crippen LogP contribution < -0.4 is 16.3 Å². The van der Waals surface area contributed by atoms with Gasteiger partial charge >= 0.3 is 5.69 Å². The number of anilines is 1. The summed E-state index contributed by atoms with van der Waals surface area (Å²) in [5, 5.41) is 13.6. The fourth-order valence-corrected chi connectivity index (χ4v) is 1.93. The number of H-pyrrole nitrogens is 1. The number of aromatic nitrogens is 4. The molecule has 19 heavy (non-hydrogen) atoms. The summed E-state index contributed by atoms with van der Waals surface area (Å²) in [7, 11) is 0. The van der Waals surface area contributed by atoms with Crippen molar-refractivity contribution in [2.45, 2.75) is 20.3 Å². The van der Waals surface area contributed by atoms with Gasteiger partial charge in [-0.3, -0.25) is 5.41 Å². The molecule has 0 radical (unpaired) electrons. The highest BCUT2D eigenvalue weighted by atomic mass is 16.1. The monoisotopic (exact) mass is 263 g/mol. The minimum absolute atomic E-state index is 0.146. The van der Waals surface area contributed by atoms with Crippen LogP contribution in [0.25, 0.3) is 5.65 Å². The quantitative estimate of drug-likeness (QED) is 0.513. The van der Waals surface area contributed by atoms with Gasteiger partial charge in [0.2, 0.25) is 0 Å². The van der Waals surface area contributed by atoms with Gasteiger partial charge in [-0.15, -0.1) is 0 Å². The molecule has 2 aromatic heterocycles. The van der Waals surface area contributed by atoms with Crippen LogP contribution in [0.3, 0.4) is 0 Å². The van der Waals surface area contributed by atoms with Gasteiger partial charge in [0.05, 0.1) is 5.84 Å². The number of hydrogen-bond acceptors (Lipinski definition) is 5. The lowest BCUT2D eigenvalue weighted by Crippen LogP contribution is -2.29. The van der Waals surface area contributed by atoms with E-state index in [1.165, 1.54) is 4.40 Å². The molecule has 2 rings (SSSR count). The normalized spacial score (nSPS) is 10.8. The van der Waals surface area contributed by atoms with Gasteiger partial charge in [-0.25, -0.2) is 19.3 Å². The van der Waals surface area contributed by atoms with Crippen LogP contribution in [0.5, 0.6) is 0 Å². The predicted molar refractivity (Wildman–Crippen MR) is 72.8 cm³/mol. The van der Waals surface area contributed by atoms with Crippen molar-refractivity contribution < 1.29 is 0 Å². The second-order valence-corrected chi connectivity index (χ2v) is 4.24. The third kappa shape index (κ3) is 2.56. The van der Waals surface area contributed by atoms with Crippen molar-refractivity contribution in [1.82, 2.24) is 19.6 Å². The Morgan fingerprint density at radius 3 is 3.00 bits per heavy atom. The molecule has 8 heteroatoms. The molecular weight excluding hydrogens is 246 g/mol. The lowest BCUT2D eigenvalue weighted by atomic mass is 10.3. The molecule has 0 saturated heterocycles. The second kappa shape index (κ2) is 5.09. The Labute approximate surface area is 109 Å². The van der Waals surface area contributed by atoms with Crippen molar-refractivity contribution in [3.8, 4) is 0 Å². The smallest absolute Gasteiger partial charge is 0.349 e. The molecule has 0 bridgehead atoms. The summed E-state index contributed by atoms with van der Waals surface area (Å²) < 4.78 is 1.42. The molecule has 0 atom stereocenters. The highest BCUT2D eigenvalue weighted by Gasteiger charge is 2.11.